The fourth-order valence-corrected chi connectivity index (χ4v) is 5.20. The van der Waals surface area contributed by atoms with E-state index in [9.17, 15) is 23.9 Å². The minimum absolute atomic E-state index is 0.0303. The first-order chi connectivity index (χ1) is 20.9. The molecule has 8 heteroatoms. The SMILES string of the molecule is O=C1N[C@@H](c2ccccc2)COC(=O)[C@H](Cc2ccc(F)cc2)CC/C=C/C[C@@H]1CC(=O)N(CCO)Cc1ccccc1. The first-order valence-corrected chi connectivity index (χ1v) is 14.8. The molecule has 0 bridgehead atoms. The Labute approximate surface area is 252 Å². The van der Waals surface area contributed by atoms with Crippen LogP contribution in [-0.4, -0.2) is 47.5 Å². The van der Waals surface area contributed by atoms with Crippen LogP contribution in [0.15, 0.2) is 97.1 Å². The van der Waals surface area contributed by atoms with E-state index in [1.54, 1.807) is 17.0 Å². The molecule has 2 amide bonds. The van der Waals surface area contributed by atoms with Crippen molar-refractivity contribution >= 4 is 17.8 Å². The van der Waals surface area contributed by atoms with Gasteiger partial charge in [-0.3, -0.25) is 14.4 Å². The Hall–Kier alpha value is -4.30. The largest absolute Gasteiger partial charge is 0.463 e. The van der Waals surface area contributed by atoms with Gasteiger partial charge in [-0.25, -0.2) is 4.39 Å². The molecule has 0 aliphatic carbocycles. The van der Waals surface area contributed by atoms with E-state index in [1.807, 2.05) is 72.8 Å². The molecule has 4 rings (SSSR count). The summed E-state index contributed by atoms with van der Waals surface area (Å²) in [6.45, 7) is 0.251. The lowest BCUT2D eigenvalue weighted by atomic mass is 9.94. The minimum atomic E-state index is -0.654. The quantitative estimate of drug-likeness (QED) is 0.267. The number of aliphatic hydroxyl groups excluding tert-OH is 1. The number of ether oxygens (including phenoxy) is 1. The predicted molar refractivity (Wildman–Crippen MR) is 162 cm³/mol. The topological polar surface area (TPSA) is 95.9 Å². The zero-order valence-electron chi connectivity index (χ0n) is 24.2. The molecule has 226 valence electrons. The molecule has 43 heavy (non-hydrogen) atoms. The van der Waals surface area contributed by atoms with Crippen molar-refractivity contribution in [2.24, 2.45) is 11.8 Å². The summed E-state index contributed by atoms with van der Waals surface area (Å²) >= 11 is 0. The van der Waals surface area contributed by atoms with Gasteiger partial charge < -0.3 is 20.1 Å². The summed E-state index contributed by atoms with van der Waals surface area (Å²) in [5, 5.41) is 12.7. The molecule has 0 fully saturated rings. The number of cyclic esters (lactones) is 1. The number of benzene rings is 3. The Kier molecular flexibility index (Phi) is 12.0. The van der Waals surface area contributed by atoms with E-state index in [4.69, 9.17) is 4.74 Å². The van der Waals surface area contributed by atoms with Crippen LogP contribution in [0.3, 0.4) is 0 Å². The Bertz CT molecular complexity index is 1350. The lowest BCUT2D eigenvalue weighted by Gasteiger charge is -2.26. The highest BCUT2D eigenvalue weighted by molar-refractivity contribution is 5.86. The Morgan fingerprint density at radius 2 is 1.60 bits per heavy atom. The van der Waals surface area contributed by atoms with E-state index in [0.29, 0.717) is 32.2 Å². The Balaban J connectivity index is 1.53. The average Bonchev–Trinajstić information content (AvgIpc) is 3.03. The Morgan fingerprint density at radius 1 is 0.907 bits per heavy atom. The number of esters is 1. The highest BCUT2D eigenvalue weighted by Gasteiger charge is 2.28. The van der Waals surface area contributed by atoms with Gasteiger partial charge in [0.15, 0.2) is 0 Å². The summed E-state index contributed by atoms with van der Waals surface area (Å²) in [6.07, 6.45) is 5.64. The number of hydrogen-bond donors (Lipinski definition) is 2. The average molecular weight is 587 g/mol. The molecule has 0 saturated heterocycles. The molecule has 0 aromatic heterocycles. The van der Waals surface area contributed by atoms with Crippen molar-refractivity contribution in [2.75, 3.05) is 19.8 Å². The number of rotatable bonds is 9. The second-order valence-electron chi connectivity index (χ2n) is 10.8. The van der Waals surface area contributed by atoms with Gasteiger partial charge in [-0.1, -0.05) is 84.9 Å². The number of halogens is 1. The smallest absolute Gasteiger partial charge is 0.309 e. The van der Waals surface area contributed by atoms with Crippen molar-refractivity contribution in [3.63, 3.8) is 0 Å². The van der Waals surface area contributed by atoms with E-state index in [1.165, 1.54) is 12.1 Å². The van der Waals surface area contributed by atoms with Crippen LogP contribution in [0.4, 0.5) is 4.39 Å². The summed E-state index contributed by atoms with van der Waals surface area (Å²) in [7, 11) is 0. The molecule has 0 saturated carbocycles. The Morgan fingerprint density at radius 3 is 2.30 bits per heavy atom. The lowest BCUT2D eigenvalue weighted by molar-refractivity contribution is -0.150. The van der Waals surface area contributed by atoms with E-state index >= 15 is 0 Å². The number of carbonyl (C=O) groups excluding carboxylic acids is 3. The molecule has 2 N–H and O–H groups in total. The number of amides is 2. The van der Waals surface area contributed by atoms with Crippen molar-refractivity contribution in [2.45, 2.75) is 44.7 Å². The van der Waals surface area contributed by atoms with E-state index in [2.05, 4.69) is 5.32 Å². The normalized spacial score (nSPS) is 20.5. The van der Waals surface area contributed by atoms with E-state index < -0.39 is 17.9 Å². The molecular weight excluding hydrogens is 547 g/mol. The third-order valence-electron chi connectivity index (χ3n) is 7.64. The van der Waals surface area contributed by atoms with Crippen LogP contribution < -0.4 is 5.32 Å². The summed E-state index contributed by atoms with van der Waals surface area (Å²) < 4.78 is 19.2. The fraction of sp³-hybridized carbons (Fsp3) is 0.343. The van der Waals surface area contributed by atoms with Gasteiger partial charge in [0.25, 0.3) is 0 Å². The van der Waals surface area contributed by atoms with Crippen LogP contribution in [0.5, 0.6) is 0 Å². The molecule has 0 unspecified atom stereocenters. The monoisotopic (exact) mass is 586 g/mol. The van der Waals surface area contributed by atoms with Crippen molar-refractivity contribution < 1.29 is 28.6 Å². The van der Waals surface area contributed by atoms with Crippen LogP contribution in [0.1, 0.15) is 48.4 Å². The highest BCUT2D eigenvalue weighted by atomic mass is 19.1. The van der Waals surface area contributed by atoms with Crippen LogP contribution in [0.25, 0.3) is 0 Å². The summed E-state index contributed by atoms with van der Waals surface area (Å²) in [5.74, 6) is -2.34. The van der Waals surface area contributed by atoms with Crippen molar-refractivity contribution in [3.05, 3.63) is 120 Å². The first kappa shape index (κ1) is 31.6. The molecule has 0 spiro atoms. The van der Waals surface area contributed by atoms with Crippen molar-refractivity contribution in [3.8, 4) is 0 Å². The summed E-state index contributed by atoms with van der Waals surface area (Å²) in [6, 6.07) is 24.3. The molecular formula is C35H39FN2O5. The van der Waals surface area contributed by atoms with Gasteiger partial charge in [0.1, 0.15) is 12.4 Å². The number of allylic oxidation sites excluding steroid dienone is 2. The number of aliphatic hydroxyl groups is 1. The van der Waals surface area contributed by atoms with Gasteiger partial charge in [0.2, 0.25) is 11.8 Å². The molecule has 1 aliphatic rings. The van der Waals surface area contributed by atoms with Crippen molar-refractivity contribution in [1.29, 1.82) is 0 Å². The number of carbonyl (C=O) groups is 3. The predicted octanol–water partition coefficient (Wildman–Crippen LogP) is 5.15. The molecule has 0 radical (unpaired) electrons. The summed E-state index contributed by atoms with van der Waals surface area (Å²) in [4.78, 5) is 41.9. The minimum Gasteiger partial charge on any atom is -0.463 e. The maximum absolute atomic E-state index is 13.7. The number of nitrogens with one attached hydrogen (secondary N) is 1. The van der Waals surface area contributed by atoms with Crippen LogP contribution in [0, 0.1) is 17.7 Å². The molecule has 7 nitrogen and oxygen atoms in total. The number of nitrogens with zero attached hydrogens (tertiary/aromatic N) is 1. The van der Waals surface area contributed by atoms with Gasteiger partial charge >= 0.3 is 5.97 Å². The molecule has 3 aromatic rings. The van der Waals surface area contributed by atoms with Gasteiger partial charge in [-0.15, -0.1) is 0 Å². The second kappa shape index (κ2) is 16.4. The summed E-state index contributed by atoms with van der Waals surface area (Å²) in [5.41, 5.74) is 2.55. The van der Waals surface area contributed by atoms with Crippen LogP contribution in [0.2, 0.25) is 0 Å². The third-order valence-corrected chi connectivity index (χ3v) is 7.64. The van der Waals surface area contributed by atoms with Gasteiger partial charge in [0.05, 0.1) is 24.5 Å². The number of hydrogen-bond acceptors (Lipinski definition) is 5. The van der Waals surface area contributed by atoms with E-state index in [0.717, 1.165) is 16.7 Å². The molecule has 3 atom stereocenters. The maximum Gasteiger partial charge on any atom is 0.309 e. The zero-order valence-corrected chi connectivity index (χ0v) is 24.2. The standard InChI is InChI=1S/C35H39FN2O5/c36-31-18-16-26(17-19-31)22-30-15-9-3-8-14-29(23-33(40)38(20-21-39)24-27-10-4-1-5-11-27)34(41)37-32(25-43-35(30)42)28-12-6-2-7-13-28/h1-8,10-13,16-19,29-30,32,39H,9,14-15,20-25H2,(H,37,41)/b8-3+/t29-,30+,32-/m1/s1. The second-order valence-corrected chi connectivity index (χ2v) is 10.8. The lowest BCUT2D eigenvalue weighted by Crippen LogP contribution is -2.40. The van der Waals surface area contributed by atoms with Gasteiger partial charge in [-0.05, 0) is 54.5 Å². The zero-order chi connectivity index (χ0) is 30.4. The molecule has 1 heterocycles. The van der Waals surface area contributed by atoms with Gasteiger partial charge in [-0.2, -0.15) is 0 Å². The maximum atomic E-state index is 13.7. The van der Waals surface area contributed by atoms with Crippen molar-refractivity contribution in [1.82, 2.24) is 10.2 Å². The van der Waals surface area contributed by atoms with E-state index in [-0.39, 0.29) is 49.8 Å². The molecule has 1 aliphatic heterocycles. The van der Waals surface area contributed by atoms with Gasteiger partial charge in [0, 0.05) is 19.5 Å². The third kappa shape index (κ3) is 9.89. The van der Waals surface area contributed by atoms with Crippen LogP contribution in [-0.2, 0) is 32.1 Å². The first-order valence-electron chi connectivity index (χ1n) is 14.8. The fourth-order valence-electron chi connectivity index (χ4n) is 5.20. The highest BCUT2D eigenvalue weighted by Crippen LogP contribution is 2.23. The molecule has 3 aromatic carbocycles. The van der Waals surface area contributed by atoms with Crippen LogP contribution >= 0.6 is 0 Å².